The molecule has 1 heterocycles. The van der Waals surface area contributed by atoms with Crippen molar-refractivity contribution in [3.05, 3.63) is 65.0 Å². The molecule has 0 saturated heterocycles. The molecule has 5 heteroatoms. The van der Waals surface area contributed by atoms with E-state index in [0.717, 1.165) is 10.9 Å². The number of nitrogens with one attached hydrogen (secondary N) is 1. The van der Waals surface area contributed by atoms with Crippen molar-refractivity contribution in [2.45, 2.75) is 0 Å². The minimum atomic E-state index is -0.606. The molecule has 3 aromatic rings. The third kappa shape index (κ3) is 2.10. The van der Waals surface area contributed by atoms with Crippen LogP contribution in [0.4, 0.5) is 5.82 Å². The van der Waals surface area contributed by atoms with Gasteiger partial charge in [0.05, 0.1) is 11.2 Å². The van der Waals surface area contributed by atoms with Gasteiger partial charge >= 0.3 is 5.56 Å². The summed E-state index contributed by atoms with van der Waals surface area (Å²) in [5, 5.41) is 9.80. The van der Waals surface area contributed by atoms with Crippen LogP contribution in [0.1, 0.15) is 0 Å². The fourth-order valence-electron chi connectivity index (χ4n) is 2.04. The first-order valence-electron chi connectivity index (χ1n) is 6.06. The van der Waals surface area contributed by atoms with Gasteiger partial charge in [0, 0.05) is 10.9 Å². The van der Waals surface area contributed by atoms with E-state index in [-0.39, 0.29) is 5.82 Å². The van der Waals surface area contributed by atoms with Gasteiger partial charge in [-0.3, -0.25) is 10.0 Å². The minimum absolute atomic E-state index is 0.194. The SMILES string of the molecule is O=c1nc2ccccc2c(-c2ccccc2)nc1NO. The van der Waals surface area contributed by atoms with Crippen molar-refractivity contribution >= 4 is 16.7 Å². The summed E-state index contributed by atoms with van der Waals surface area (Å²) >= 11 is 0. The molecule has 0 amide bonds. The first kappa shape index (κ1) is 12.3. The summed E-state index contributed by atoms with van der Waals surface area (Å²) in [6.45, 7) is 0. The molecule has 0 saturated carbocycles. The highest BCUT2D eigenvalue weighted by Gasteiger charge is 2.09. The van der Waals surface area contributed by atoms with Crippen LogP contribution in [0.2, 0.25) is 0 Å². The van der Waals surface area contributed by atoms with E-state index in [0.29, 0.717) is 11.2 Å². The highest BCUT2D eigenvalue weighted by Crippen LogP contribution is 2.24. The van der Waals surface area contributed by atoms with Crippen LogP contribution < -0.4 is 11.0 Å². The summed E-state index contributed by atoms with van der Waals surface area (Å²) in [6, 6.07) is 16.7. The molecule has 3 rings (SSSR count). The average Bonchev–Trinajstić information content (AvgIpc) is 2.64. The molecule has 0 atom stereocenters. The smallest absolute Gasteiger partial charge is 0.290 e. The fourth-order valence-corrected chi connectivity index (χ4v) is 2.04. The van der Waals surface area contributed by atoms with Crippen molar-refractivity contribution in [1.82, 2.24) is 9.97 Å². The maximum Gasteiger partial charge on any atom is 0.315 e. The topological polar surface area (TPSA) is 75.1 Å². The lowest BCUT2D eigenvalue weighted by atomic mass is 10.1. The second kappa shape index (κ2) is 5.07. The molecule has 2 N–H and O–H groups in total. The van der Waals surface area contributed by atoms with Crippen LogP contribution in [0.3, 0.4) is 0 Å². The number of fused-ring (bicyclic) bond motifs is 1. The zero-order valence-corrected chi connectivity index (χ0v) is 10.4. The lowest BCUT2D eigenvalue weighted by Gasteiger charge is -2.01. The van der Waals surface area contributed by atoms with Gasteiger partial charge in [-0.15, -0.1) is 0 Å². The summed E-state index contributed by atoms with van der Waals surface area (Å²) < 4.78 is 0. The summed E-state index contributed by atoms with van der Waals surface area (Å²) in [6.07, 6.45) is 0. The number of hydrogen-bond donors (Lipinski definition) is 2. The maximum atomic E-state index is 11.9. The Hall–Kier alpha value is -2.79. The van der Waals surface area contributed by atoms with Crippen LogP contribution in [-0.4, -0.2) is 15.2 Å². The highest BCUT2D eigenvalue weighted by molar-refractivity contribution is 5.92. The van der Waals surface area contributed by atoms with Gasteiger partial charge in [-0.25, -0.2) is 15.4 Å². The van der Waals surface area contributed by atoms with Gasteiger partial charge in [-0.1, -0.05) is 48.5 Å². The van der Waals surface area contributed by atoms with Gasteiger partial charge in [0.1, 0.15) is 0 Å². The van der Waals surface area contributed by atoms with Crippen molar-refractivity contribution in [2.75, 3.05) is 5.48 Å². The zero-order chi connectivity index (χ0) is 13.9. The van der Waals surface area contributed by atoms with Crippen LogP contribution >= 0.6 is 0 Å². The van der Waals surface area contributed by atoms with Crippen LogP contribution in [0.15, 0.2) is 59.4 Å². The zero-order valence-electron chi connectivity index (χ0n) is 10.4. The number of nitrogens with zero attached hydrogens (tertiary/aromatic N) is 2. The van der Waals surface area contributed by atoms with Crippen molar-refractivity contribution in [3.8, 4) is 11.3 Å². The molecule has 0 bridgehead atoms. The summed E-state index contributed by atoms with van der Waals surface area (Å²) in [4.78, 5) is 20.0. The number of anilines is 1. The molecular formula is C15H11N3O2. The molecule has 0 radical (unpaired) electrons. The lowest BCUT2D eigenvalue weighted by Crippen LogP contribution is -2.10. The molecule has 0 aliphatic rings. The van der Waals surface area contributed by atoms with Gasteiger partial charge in [0.15, 0.2) is 0 Å². The largest absolute Gasteiger partial charge is 0.315 e. The van der Waals surface area contributed by atoms with Crippen LogP contribution in [0.5, 0.6) is 0 Å². The van der Waals surface area contributed by atoms with Gasteiger partial charge in [-0.2, -0.15) is 0 Å². The molecular weight excluding hydrogens is 254 g/mol. The maximum absolute atomic E-state index is 11.9. The molecule has 0 aliphatic heterocycles. The first-order valence-corrected chi connectivity index (χ1v) is 6.06. The van der Waals surface area contributed by atoms with Gasteiger partial charge < -0.3 is 0 Å². The molecule has 0 spiro atoms. The predicted molar refractivity (Wildman–Crippen MR) is 76.7 cm³/mol. The fraction of sp³-hybridized carbons (Fsp3) is 0. The standard InChI is InChI=1S/C15H11N3O2/c19-15-14(18-20)17-13(10-6-2-1-3-7-10)11-8-4-5-9-12(11)16-15/h1-9,20H,(H,16,17,18,19). The average molecular weight is 265 g/mol. The van der Waals surface area contributed by atoms with Crippen molar-refractivity contribution < 1.29 is 5.21 Å². The normalized spacial score (nSPS) is 10.4. The van der Waals surface area contributed by atoms with E-state index in [1.807, 2.05) is 47.9 Å². The summed E-state index contributed by atoms with van der Waals surface area (Å²) in [5.74, 6) is -0.194. The quantitative estimate of drug-likeness (QED) is 0.696. The molecule has 20 heavy (non-hydrogen) atoms. The number of benzene rings is 2. The van der Waals surface area contributed by atoms with Gasteiger partial charge in [-0.05, 0) is 6.07 Å². The lowest BCUT2D eigenvalue weighted by molar-refractivity contribution is 0.385. The van der Waals surface area contributed by atoms with Crippen molar-refractivity contribution in [1.29, 1.82) is 0 Å². The molecule has 5 nitrogen and oxygen atoms in total. The van der Waals surface area contributed by atoms with E-state index in [9.17, 15) is 4.79 Å². The van der Waals surface area contributed by atoms with Crippen LogP contribution in [0.25, 0.3) is 22.2 Å². The van der Waals surface area contributed by atoms with Crippen molar-refractivity contribution in [3.63, 3.8) is 0 Å². The van der Waals surface area contributed by atoms with E-state index in [1.165, 1.54) is 0 Å². The predicted octanol–water partition coefficient (Wildman–Crippen LogP) is 2.46. The highest BCUT2D eigenvalue weighted by atomic mass is 16.5. The van der Waals surface area contributed by atoms with Gasteiger partial charge in [0.25, 0.3) is 0 Å². The van der Waals surface area contributed by atoms with E-state index >= 15 is 0 Å². The van der Waals surface area contributed by atoms with E-state index in [1.54, 1.807) is 12.1 Å². The Labute approximate surface area is 114 Å². The number of aromatic nitrogens is 2. The van der Waals surface area contributed by atoms with Crippen LogP contribution in [-0.2, 0) is 0 Å². The number of hydrogen-bond acceptors (Lipinski definition) is 5. The van der Waals surface area contributed by atoms with Gasteiger partial charge in [0.2, 0.25) is 5.82 Å². The van der Waals surface area contributed by atoms with E-state index < -0.39 is 5.56 Å². The Kier molecular flexibility index (Phi) is 3.10. The Morgan fingerprint density at radius 3 is 2.35 bits per heavy atom. The molecule has 0 aliphatic carbocycles. The second-order valence-electron chi connectivity index (χ2n) is 4.22. The van der Waals surface area contributed by atoms with Crippen molar-refractivity contribution in [2.24, 2.45) is 0 Å². The Morgan fingerprint density at radius 1 is 0.900 bits per heavy atom. The Morgan fingerprint density at radius 2 is 1.60 bits per heavy atom. The van der Waals surface area contributed by atoms with E-state index in [4.69, 9.17) is 5.21 Å². The minimum Gasteiger partial charge on any atom is -0.290 e. The number of para-hydroxylation sites is 1. The number of rotatable bonds is 2. The third-order valence-corrected chi connectivity index (χ3v) is 2.96. The first-order chi connectivity index (χ1) is 9.79. The summed E-state index contributed by atoms with van der Waals surface area (Å²) in [7, 11) is 0. The van der Waals surface area contributed by atoms with E-state index in [2.05, 4.69) is 9.97 Å². The molecule has 0 fully saturated rings. The summed E-state index contributed by atoms with van der Waals surface area (Å²) in [5.41, 5.74) is 3.18. The Balaban J connectivity index is 2.47. The molecule has 2 aromatic carbocycles. The van der Waals surface area contributed by atoms with Crippen LogP contribution in [0, 0.1) is 0 Å². The molecule has 1 aromatic heterocycles. The monoisotopic (exact) mass is 265 g/mol. The Bertz CT molecular complexity index is 820. The molecule has 98 valence electrons. The second-order valence-corrected chi connectivity index (χ2v) is 4.22. The molecule has 0 unspecified atom stereocenters. The third-order valence-electron chi connectivity index (χ3n) is 2.96.